The molecule has 0 aliphatic carbocycles. The Morgan fingerprint density at radius 3 is 1.89 bits per heavy atom. The predicted octanol–water partition coefficient (Wildman–Crippen LogP) is 4.72. The molecule has 2 nitrogen and oxygen atoms in total. The van der Waals surface area contributed by atoms with Crippen molar-refractivity contribution in [2.45, 2.75) is 18.6 Å². The number of hydrogen-bond donors (Lipinski definition) is 1. The van der Waals surface area contributed by atoms with Gasteiger partial charge in [-0.1, -0.05) is 54.6 Å². The minimum Gasteiger partial charge on any atom is -0.380 e. The third-order valence-corrected chi connectivity index (χ3v) is 5.68. The van der Waals surface area contributed by atoms with Gasteiger partial charge in [0.1, 0.15) is 17.2 Å². The van der Waals surface area contributed by atoms with Crippen LogP contribution in [0.3, 0.4) is 0 Å². The molecule has 144 valence electrons. The van der Waals surface area contributed by atoms with E-state index in [4.69, 9.17) is 0 Å². The predicted molar refractivity (Wildman–Crippen MR) is 106 cm³/mol. The van der Waals surface area contributed by atoms with E-state index in [0.29, 0.717) is 17.7 Å². The van der Waals surface area contributed by atoms with Gasteiger partial charge in [-0.05, 0) is 53.9 Å². The van der Waals surface area contributed by atoms with Crippen molar-refractivity contribution >= 4 is 0 Å². The first kappa shape index (κ1) is 18.8. The van der Waals surface area contributed by atoms with Crippen LogP contribution < -0.4 is 0 Å². The molecule has 3 aromatic rings. The molecule has 1 heterocycles. The van der Waals surface area contributed by atoms with E-state index < -0.39 is 5.60 Å². The number of hydrogen-bond acceptors (Lipinski definition) is 2. The molecule has 4 heteroatoms. The van der Waals surface area contributed by atoms with Crippen molar-refractivity contribution in [1.29, 1.82) is 0 Å². The standard InChI is InChI=1S/C24H23F2NO/c25-22-10-6-19(7-11-22)24(28,20-8-12-23(26)13-9-20)21-14-15-27(17-21)16-18-4-2-1-3-5-18/h1-13,21,28H,14-17H2. The molecule has 28 heavy (non-hydrogen) atoms. The number of likely N-dealkylation sites (tertiary alicyclic amines) is 1. The maximum atomic E-state index is 13.5. The zero-order valence-corrected chi connectivity index (χ0v) is 15.6. The van der Waals surface area contributed by atoms with Gasteiger partial charge in [-0.2, -0.15) is 0 Å². The van der Waals surface area contributed by atoms with Crippen molar-refractivity contribution in [3.8, 4) is 0 Å². The fourth-order valence-corrected chi connectivity index (χ4v) is 4.20. The third-order valence-electron chi connectivity index (χ3n) is 5.68. The zero-order valence-electron chi connectivity index (χ0n) is 15.6. The Balaban J connectivity index is 1.64. The summed E-state index contributed by atoms with van der Waals surface area (Å²) in [5, 5.41) is 11.8. The minimum atomic E-state index is -1.30. The average Bonchev–Trinajstić information content (AvgIpc) is 3.18. The summed E-state index contributed by atoms with van der Waals surface area (Å²) in [7, 11) is 0. The first-order chi connectivity index (χ1) is 13.6. The lowest BCUT2D eigenvalue weighted by Crippen LogP contribution is -2.38. The van der Waals surface area contributed by atoms with Gasteiger partial charge in [0, 0.05) is 19.0 Å². The highest BCUT2D eigenvalue weighted by molar-refractivity contribution is 5.38. The second-order valence-electron chi connectivity index (χ2n) is 7.49. The molecule has 1 atom stereocenters. The van der Waals surface area contributed by atoms with Crippen molar-refractivity contribution in [3.05, 3.63) is 107 Å². The van der Waals surface area contributed by atoms with E-state index in [1.54, 1.807) is 24.3 Å². The summed E-state index contributed by atoms with van der Waals surface area (Å²) in [5.41, 5.74) is 1.20. The smallest absolute Gasteiger partial charge is 0.123 e. The molecular formula is C24H23F2NO. The van der Waals surface area contributed by atoms with E-state index in [-0.39, 0.29) is 17.6 Å². The Kier molecular flexibility index (Phi) is 5.25. The van der Waals surface area contributed by atoms with E-state index in [0.717, 1.165) is 19.5 Å². The molecule has 3 aromatic carbocycles. The van der Waals surface area contributed by atoms with Crippen molar-refractivity contribution in [1.82, 2.24) is 4.90 Å². The Labute approximate surface area is 164 Å². The SMILES string of the molecule is OC(c1ccc(F)cc1)(c1ccc(F)cc1)C1CCN(Cc2ccccc2)C1. The maximum Gasteiger partial charge on any atom is 0.123 e. The van der Waals surface area contributed by atoms with Crippen LogP contribution in [0, 0.1) is 17.6 Å². The molecule has 0 spiro atoms. The lowest BCUT2D eigenvalue weighted by molar-refractivity contribution is 0.0195. The van der Waals surface area contributed by atoms with Crippen LogP contribution in [0.4, 0.5) is 8.78 Å². The zero-order chi connectivity index (χ0) is 19.6. The number of aliphatic hydroxyl groups is 1. The quantitative estimate of drug-likeness (QED) is 0.693. The van der Waals surface area contributed by atoms with Gasteiger partial charge in [0.15, 0.2) is 0 Å². The van der Waals surface area contributed by atoms with Crippen LogP contribution in [0.15, 0.2) is 78.9 Å². The van der Waals surface area contributed by atoms with E-state index in [2.05, 4.69) is 17.0 Å². The Hall–Kier alpha value is -2.56. The van der Waals surface area contributed by atoms with Crippen LogP contribution in [0.2, 0.25) is 0 Å². The van der Waals surface area contributed by atoms with Crippen molar-refractivity contribution in [2.75, 3.05) is 13.1 Å². The van der Waals surface area contributed by atoms with Crippen LogP contribution in [-0.2, 0) is 12.1 Å². The molecular weight excluding hydrogens is 356 g/mol. The Morgan fingerprint density at radius 2 is 1.36 bits per heavy atom. The molecule has 0 amide bonds. The molecule has 1 fully saturated rings. The number of benzene rings is 3. The van der Waals surface area contributed by atoms with Crippen molar-refractivity contribution in [3.63, 3.8) is 0 Å². The topological polar surface area (TPSA) is 23.5 Å². The summed E-state index contributed by atoms with van der Waals surface area (Å²) >= 11 is 0. The Bertz CT molecular complexity index is 864. The number of rotatable bonds is 5. The van der Waals surface area contributed by atoms with E-state index in [1.165, 1.54) is 29.8 Å². The Morgan fingerprint density at radius 1 is 0.821 bits per heavy atom. The number of nitrogens with zero attached hydrogens (tertiary/aromatic N) is 1. The lowest BCUT2D eigenvalue weighted by Gasteiger charge is -2.35. The largest absolute Gasteiger partial charge is 0.380 e. The van der Waals surface area contributed by atoms with Crippen molar-refractivity contribution in [2.24, 2.45) is 5.92 Å². The molecule has 0 bridgehead atoms. The molecule has 1 unspecified atom stereocenters. The van der Waals surface area contributed by atoms with Gasteiger partial charge in [0.2, 0.25) is 0 Å². The van der Waals surface area contributed by atoms with Gasteiger partial charge < -0.3 is 5.11 Å². The molecule has 0 aromatic heterocycles. The van der Waals surface area contributed by atoms with Crippen LogP contribution >= 0.6 is 0 Å². The summed E-state index contributed by atoms with van der Waals surface area (Å²) in [5.74, 6) is -0.767. The van der Waals surface area contributed by atoms with Gasteiger partial charge in [0.25, 0.3) is 0 Å². The monoisotopic (exact) mass is 379 g/mol. The second-order valence-corrected chi connectivity index (χ2v) is 7.49. The molecule has 4 rings (SSSR count). The first-order valence-electron chi connectivity index (χ1n) is 9.56. The second kappa shape index (κ2) is 7.82. The van der Waals surface area contributed by atoms with Gasteiger partial charge in [-0.15, -0.1) is 0 Å². The molecule has 1 N–H and O–H groups in total. The highest BCUT2D eigenvalue weighted by atomic mass is 19.1. The van der Waals surface area contributed by atoms with Crippen molar-refractivity contribution < 1.29 is 13.9 Å². The summed E-state index contributed by atoms with van der Waals surface area (Å²) in [6.45, 7) is 2.39. The van der Waals surface area contributed by atoms with Gasteiger partial charge in [0.05, 0.1) is 0 Å². The van der Waals surface area contributed by atoms with Crippen LogP contribution in [0.25, 0.3) is 0 Å². The minimum absolute atomic E-state index is 0.0767. The highest BCUT2D eigenvalue weighted by Gasteiger charge is 2.43. The summed E-state index contributed by atoms with van der Waals surface area (Å²) in [4.78, 5) is 2.32. The fourth-order valence-electron chi connectivity index (χ4n) is 4.20. The van der Waals surface area contributed by atoms with Crippen LogP contribution in [0.5, 0.6) is 0 Å². The molecule has 0 saturated carbocycles. The summed E-state index contributed by atoms with van der Waals surface area (Å²) < 4.78 is 26.9. The van der Waals surface area contributed by atoms with E-state index in [9.17, 15) is 13.9 Å². The van der Waals surface area contributed by atoms with Crippen LogP contribution in [0.1, 0.15) is 23.1 Å². The lowest BCUT2D eigenvalue weighted by atomic mass is 9.75. The van der Waals surface area contributed by atoms with E-state index >= 15 is 0 Å². The summed E-state index contributed by atoms with van der Waals surface area (Å²) in [6.07, 6.45) is 0.804. The first-order valence-corrected chi connectivity index (χ1v) is 9.56. The highest BCUT2D eigenvalue weighted by Crippen LogP contribution is 2.41. The normalized spacial score (nSPS) is 17.8. The van der Waals surface area contributed by atoms with E-state index in [1.807, 2.05) is 18.2 Å². The molecule has 0 radical (unpaired) electrons. The molecule has 1 saturated heterocycles. The van der Waals surface area contributed by atoms with Gasteiger partial charge in [-0.3, -0.25) is 4.90 Å². The summed E-state index contributed by atoms with van der Waals surface area (Å²) in [6, 6.07) is 22.2. The van der Waals surface area contributed by atoms with Crippen LogP contribution in [-0.4, -0.2) is 23.1 Å². The fraction of sp³-hybridized carbons (Fsp3) is 0.250. The molecule has 1 aliphatic heterocycles. The average molecular weight is 379 g/mol. The van der Waals surface area contributed by atoms with Gasteiger partial charge >= 0.3 is 0 Å². The maximum absolute atomic E-state index is 13.5. The van der Waals surface area contributed by atoms with Gasteiger partial charge in [-0.25, -0.2) is 8.78 Å². The number of halogens is 2. The molecule has 1 aliphatic rings. The third kappa shape index (κ3) is 3.71.